The maximum Gasteiger partial charge on any atom is 0.337 e. The van der Waals surface area contributed by atoms with E-state index in [2.05, 4.69) is 209 Å². The van der Waals surface area contributed by atoms with Gasteiger partial charge in [0, 0.05) is 46.6 Å². The van der Waals surface area contributed by atoms with Crippen molar-refractivity contribution in [3.63, 3.8) is 0 Å². The minimum atomic E-state index is -3.82. The standard InChI is InChI=1S/C14H10BrClO2.C7H7BrOS.C7H5ClF2O2S.H30P28.H7P5/c1-18-14(17)10-5-6-12(13(16)8-10)9-3-2-4-11(15)7-9;8-6-1-2-10-7(6)5-3-9-4-5;8-13(11,12)6-3-1-5(2-4-6)7(9)10;1-16(2)23(15)27(24(17(3)4)18(5)6)28(25(19(7)8)20(9)10)26(21(11)12)22(13)14;1-4-5(2)3/h2-8H,1H3;1-2,5H,3-4H2;1-4,7H;1-15H2;4H,1-3H2. The molecule has 3 aromatic carbocycles. The van der Waals surface area contributed by atoms with Crippen LogP contribution in [0, 0.1) is 0 Å². The lowest BCUT2D eigenvalue weighted by Crippen LogP contribution is -2.24. The molecule has 1 aromatic heterocycles. The molecule has 1 aliphatic rings. The lowest BCUT2D eigenvalue weighted by Gasteiger charge is -2.51. The minimum Gasteiger partial charge on any atom is -0.465 e. The monoisotopic (exact) mass is 1830 g/mol. The smallest absolute Gasteiger partial charge is 0.337 e. The summed E-state index contributed by atoms with van der Waals surface area (Å²) in [6.07, 6.45) is -2.60. The van der Waals surface area contributed by atoms with Gasteiger partial charge in [-0.15, -0.1) is 172 Å². The normalized spacial score (nSPS) is 14.0. The molecule has 74 heavy (non-hydrogen) atoms. The van der Waals surface area contributed by atoms with Gasteiger partial charge in [-0.05, 0) is 167 Å². The van der Waals surface area contributed by atoms with Gasteiger partial charge in [0.15, 0.2) is 0 Å². The second kappa shape index (κ2) is 45.6. The Morgan fingerprint density at radius 1 is 0.716 bits per heavy atom. The Morgan fingerprint density at radius 3 is 1.51 bits per heavy atom. The molecule has 0 saturated carbocycles. The van der Waals surface area contributed by atoms with Crippen molar-refractivity contribution < 1.29 is 31.5 Å². The summed E-state index contributed by atoms with van der Waals surface area (Å²) in [6.45, 7) is 2.02. The third kappa shape index (κ3) is 32.0. The van der Waals surface area contributed by atoms with Crippen molar-refractivity contribution in [2.24, 2.45) is 0 Å². The van der Waals surface area contributed by atoms with Crippen LogP contribution in [0.2, 0.25) is 5.02 Å². The predicted molar refractivity (Wildman–Crippen MR) is 446 cm³/mol. The van der Waals surface area contributed by atoms with Crippen LogP contribution in [0.25, 0.3) is 11.1 Å². The topological polar surface area (TPSA) is 69.7 Å². The van der Waals surface area contributed by atoms with Crippen molar-refractivity contribution in [2.45, 2.75) is 17.2 Å². The SMILES string of the molecule is Brc1ccsc1C1COC1.COC(=O)c1ccc(-c2cccc(Br)c2)c(Cl)c1.O=S(=O)(Cl)c1ccc(C(F)F)cc1.PP(P)P(P)P(P(P(P)P)P(P)P)P(P(P(P)P)P(P)P)P(P(P)P)P(P)P.PPP(P)P. The molecule has 0 bridgehead atoms. The van der Waals surface area contributed by atoms with Crippen LogP contribution in [0.1, 0.15) is 33.1 Å². The van der Waals surface area contributed by atoms with Gasteiger partial charge >= 0.3 is 5.97 Å². The molecule has 4 aromatic rings. The van der Waals surface area contributed by atoms with E-state index in [0.29, 0.717) is 16.5 Å². The number of hydrogen-bond acceptors (Lipinski definition) is 6. The van der Waals surface area contributed by atoms with Gasteiger partial charge in [-0.2, -0.15) is 0 Å². The Balaban J connectivity index is 0.000000507. The number of methoxy groups -OCH3 is 1. The van der Waals surface area contributed by atoms with Crippen LogP contribution in [0.15, 0.2) is 92.0 Å². The van der Waals surface area contributed by atoms with Gasteiger partial charge in [0.1, 0.15) is 0 Å². The summed E-state index contributed by atoms with van der Waals surface area (Å²) in [6, 6.07) is 19.2. The molecular weight excluding hydrogens is 1770 g/mol. The van der Waals surface area contributed by atoms with Crippen LogP contribution >= 0.6 is 332 Å². The molecule has 0 spiro atoms. The number of ether oxygens (including phenoxy) is 2. The molecule has 5 rings (SSSR count). The van der Waals surface area contributed by atoms with Crippen molar-refractivity contribution in [1.82, 2.24) is 0 Å². The van der Waals surface area contributed by atoms with Crippen LogP contribution < -0.4 is 0 Å². The molecule has 2 heterocycles. The van der Waals surface area contributed by atoms with Gasteiger partial charge < -0.3 is 9.47 Å². The number of carbonyl (C=O) groups is 1. The lowest BCUT2D eigenvalue weighted by molar-refractivity contribution is 0.00962. The van der Waals surface area contributed by atoms with E-state index in [9.17, 15) is 22.0 Å². The first kappa shape index (κ1) is 84.3. The van der Waals surface area contributed by atoms with Crippen LogP contribution in [-0.4, -0.2) is 34.7 Å². The maximum atomic E-state index is 12.0. The summed E-state index contributed by atoms with van der Waals surface area (Å²) < 4.78 is 57.4. The van der Waals surface area contributed by atoms with Crippen molar-refractivity contribution in [1.29, 1.82) is 0 Å². The van der Waals surface area contributed by atoms with Crippen molar-refractivity contribution >= 4 is 347 Å². The Morgan fingerprint density at radius 2 is 1.19 bits per heavy atom. The summed E-state index contributed by atoms with van der Waals surface area (Å²) in [7, 11) is 60.7. The Bertz CT molecular complexity index is 2330. The van der Waals surface area contributed by atoms with E-state index in [-0.39, 0.29) is 108 Å². The minimum absolute atomic E-state index is 0.00189. The van der Waals surface area contributed by atoms with Gasteiger partial charge in [-0.1, -0.05) is 65.8 Å². The molecule has 0 radical (unpaired) electrons. The van der Waals surface area contributed by atoms with E-state index in [1.807, 2.05) is 30.3 Å². The third-order valence-corrected chi connectivity index (χ3v) is 208. The van der Waals surface area contributed by atoms with Crippen molar-refractivity contribution in [3.8, 4) is 11.1 Å². The van der Waals surface area contributed by atoms with E-state index in [0.717, 1.165) is 61.0 Å². The third-order valence-electron chi connectivity index (χ3n) is 8.04. The predicted octanol–water partition coefficient (Wildman–Crippen LogP) is 28.2. The van der Waals surface area contributed by atoms with Crippen molar-refractivity contribution in [3.05, 3.63) is 108 Å². The van der Waals surface area contributed by atoms with Gasteiger partial charge in [0.2, 0.25) is 0 Å². The van der Waals surface area contributed by atoms with Crippen LogP contribution in [0.3, 0.4) is 0 Å². The molecule has 46 heteroatoms. The summed E-state index contributed by atoms with van der Waals surface area (Å²) >= 11 is 14.9. The average molecular weight is 1830 g/mol. The summed E-state index contributed by atoms with van der Waals surface area (Å²) in [5.41, 5.74) is 2.08. The highest BCUT2D eigenvalue weighted by molar-refractivity contribution is 9.43. The molecule has 0 amide bonds. The first-order valence-corrected chi connectivity index (χ1v) is 82.5. The second-order valence-electron chi connectivity index (χ2n) is 13.2. The fraction of sp³-hybridized carbons (Fsp3) is 0.179. The number of hydrogen-bond donors (Lipinski definition) is 0. The zero-order chi connectivity index (χ0) is 56.9. The highest BCUT2D eigenvalue weighted by Gasteiger charge is 2.49. The molecule has 420 valence electrons. The van der Waals surface area contributed by atoms with E-state index >= 15 is 0 Å². The summed E-state index contributed by atoms with van der Waals surface area (Å²) in [5.74, 6) is 0.270. The van der Waals surface area contributed by atoms with Gasteiger partial charge in [-0.25, -0.2) is 22.0 Å². The zero-order valence-corrected chi connectivity index (χ0v) is 79.0. The quantitative estimate of drug-likeness (QED) is 0.0564. The first-order valence-electron chi connectivity index (χ1n) is 19.0. The molecule has 5 nitrogen and oxygen atoms in total. The maximum absolute atomic E-state index is 12.0. The molecule has 21 unspecified atom stereocenters. The molecule has 1 aliphatic heterocycles. The number of carbonyl (C=O) groups excluding carboxylic acids is 1. The highest BCUT2D eigenvalue weighted by Crippen LogP contribution is 3.37. The fourth-order valence-electron chi connectivity index (χ4n) is 4.86. The Kier molecular flexibility index (Phi) is 52.0. The lowest BCUT2D eigenvalue weighted by atomic mass is 10.0. The van der Waals surface area contributed by atoms with Crippen LogP contribution in [0.5, 0.6) is 0 Å². The van der Waals surface area contributed by atoms with E-state index < -0.39 is 21.4 Å². The Labute approximate surface area is 528 Å². The van der Waals surface area contributed by atoms with E-state index in [4.69, 9.17) is 27.0 Å². The molecular formula is C28H59Br2Cl2F2O5P33S2. The number of halogens is 6. The number of benzene rings is 3. The summed E-state index contributed by atoms with van der Waals surface area (Å²) in [4.78, 5) is 12.6. The average Bonchev–Trinajstić information content (AvgIpc) is 3.70. The van der Waals surface area contributed by atoms with E-state index in [1.165, 1.54) is 16.5 Å². The zero-order valence-electron chi connectivity index (χ0n) is 38.4. The van der Waals surface area contributed by atoms with Crippen LogP contribution in [0.4, 0.5) is 8.78 Å². The molecule has 21 atom stereocenters. The van der Waals surface area contributed by atoms with Crippen molar-refractivity contribution in [2.75, 3.05) is 20.3 Å². The number of thiophene rings is 1. The summed E-state index contributed by atoms with van der Waals surface area (Å²) in [5, 5.41) is 2.63. The Hall–Kier alpha value is 12.3. The number of esters is 1. The van der Waals surface area contributed by atoms with Gasteiger partial charge in [-0.3, -0.25) is 0 Å². The van der Waals surface area contributed by atoms with Gasteiger partial charge in [0.05, 0.1) is 30.8 Å². The first-order chi connectivity index (χ1) is 34.3. The second-order valence-corrected chi connectivity index (χ2v) is 145. The molecule has 1 fully saturated rings. The molecule has 1 saturated heterocycles. The molecule has 0 N–H and O–H groups in total. The van der Waals surface area contributed by atoms with Gasteiger partial charge in [0.25, 0.3) is 15.5 Å². The largest absolute Gasteiger partial charge is 0.465 e. The number of rotatable bonds is 18. The highest BCUT2D eigenvalue weighted by atomic mass is 79.9. The fourth-order valence-corrected chi connectivity index (χ4v) is 360. The van der Waals surface area contributed by atoms with E-state index in [1.54, 1.807) is 23.5 Å². The molecule has 0 aliphatic carbocycles. The number of alkyl halides is 2. The van der Waals surface area contributed by atoms with Crippen LogP contribution in [-0.2, 0) is 18.5 Å².